The molecule has 1 fully saturated rings. The second-order valence-corrected chi connectivity index (χ2v) is 14.8. The van der Waals surface area contributed by atoms with Crippen LogP contribution in [0.5, 0.6) is 0 Å². The van der Waals surface area contributed by atoms with Gasteiger partial charge in [0.1, 0.15) is 0 Å². The lowest BCUT2D eigenvalue weighted by Crippen LogP contribution is -2.09. The van der Waals surface area contributed by atoms with Crippen LogP contribution in [0.4, 0.5) is 0 Å². The van der Waals surface area contributed by atoms with Gasteiger partial charge in [0.15, 0.2) is 0 Å². The highest BCUT2D eigenvalue weighted by atomic mass is 31.3. The standard InChI is InChI=1S/C6H18O24P6/c1-13-19-31(7)25-32(8,20-14-2)27-34(10,22-16-4)29-36(12,24-18-6)30-35(11,23-17-5)28-33(9,26-31)21-15-3/h1-6H3. The number of rotatable bonds is 12. The Labute approximate surface area is 200 Å². The quantitative estimate of drug-likeness (QED) is 0.161. The molecule has 1 rings (SSSR count). The van der Waals surface area contributed by atoms with Gasteiger partial charge in [-0.25, -0.2) is 56.7 Å². The van der Waals surface area contributed by atoms with E-state index in [0.717, 1.165) is 0 Å². The fourth-order valence-corrected chi connectivity index (χ4v) is 12.1. The van der Waals surface area contributed by atoms with Crippen LogP contribution >= 0.6 is 46.9 Å². The van der Waals surface area contributed by atoms with Gasteiger partial charge in [-0.3, -0.25) is 0 Å². The smallest absolute Gasteiger partial charge is 0.230 e. The Morgan fingerprint density at radius 1 is 0.306 bits per heavy atom. The molecule has 1 heterocycles. The topological polar surface area (TPSA) is 269 Å². The van der Waals surface area contributed by atoms with Gasteiger partial charge in [0, 0.05) is 0 Å². The van der Waals surface area contributed by atoms with Crippen molar-refractivity contribution in [1.29, 1.82) is 0 Å². The normalized spacial score (nSPS) is 40.8. The Morgan fingerprint density at radius 2 is 0.417 bits per heavy atom. The van der Waals surface area contributed by atoms with Crippen LogP contribution in [-0.4, -0.2) is 42.7 Å². The molecule has 36 heavy (non-hydrogen) atoms. The van der Waals surface area contributed by atoms with Crippen LogP contribution in [0.15, 0.2) is 0 Å². The van der Waals surface area contributed by atoms with Crippen molar-refractivity contribution >= 4 is 46.9 Å². The molecule has 216 valence electrons. The van der Waals surface area contributed by atoms with Gasteiger partial charge >= 0.3 is 46.9 Å². The minimum Gasteiger partial charge on any atom is -0.230 e. The van der Waals surface area contributed by atoms with Crippen LogP contribution < -0.4 is 0 Å². The van der Waals surface area contributed by atoms with Crippen molar-refractivity contribution in [3.05, 3.63) is 0 Å². The first-order chi connectivity index (χ1) is 16.6. The summed E-state index contributed by atoms with van der Waals surface area (Å²) in [4.78, 5) is 24.4. The molecule has 0 N–H and O–H groups in total. The van der Waals surface area contributed by atoms with E-state index < -0.39 is 46.9 Å². The summed E-state index contributed by atoms with van der Waals surface area (Å²) in [6, 6.07) is 0. The van der Waals surface area contributed by atoms with Gasteiger partial charge < -0.3 is 0 Å². The zero-order valence-electron chi connectivity index (χ0n) is 18.5. The molecule has 0 radical (unpaired) electrons. The Balaban J connectivity index is 3.88. The molecule has 1 saturated heterocycles. The molecule has 0 aromatic rings. The third-order valence-corrected chi connectivity index (χ3v) is 13.8. The number of phosphoric acid groups is 6. The summed E-state index contributed by atoms with van der Waals surface area (Å²) in [6.45, 7) is 0. The van der Waals surface area contributed by atoms with Crippen LogP contribution in [0, 0.1) is 0 Å². The first-order valence-corrected chi connectivity index (χ1v) is 16.6. The van der Waals surface area contributed by atoms with E-state index >= 15 is 0 Å². The van der Waals surface area contributed by atoms with Gasteiger partial charge in [0.25, 0.3) is 0 Å². The summed E-state index contributed by atoms with van der Waals surface area (Å²) in [5.41, 5.74) is 0. The monoisotopic (exact) mass is 660 g/mol. The van der Waals surface area contributed by atoms with Gasteiger partial charge in [0.05, 0.1) is 42.7 Å². The van der Waals surface area contributed by atoms with Crippen LogP contribution in [0.2, 0.25) is 0 Å². The summed E-state index contributed by atoms with van der Waals surface area (Å²) in [5, 5.41) is 0. The number of hydrogen-bond acceptors (Lipinski definition) is 24. The van der Waals surface area contributed by atoms with Crippen LogP contribution in [-0.2, 0) is 111 Å². The summed E-state index contributed by atoms with van der Waals surface area (Å²) in [7, 11) is -31.1. The molecule has 0 bridgehead atoms. The molecule has 1 aliphatic heterocycles. The zero-order chi connectivity index (χ0) is 27.7. The molecule has 24 nitrogen and oxygen atoms in total. The van der Waals surface area contributed by atoms with E-state index in [2.05, 4.69) is 83.2 Å². The number of hydrogen-bond donors (Lipinski definition) is 0. The Kier molecular flexibility index (Phi) is 13.8. The predicted octanol–water partition coefficient (Wildman–Crippen LogP) is 4.22. The van der Waals surface area contributed by atoms with Gasteiger partial charge in [-0.1, -0.05) is 0 Å². The average molecular weight is 660 g/mol. The summed E-state index contributed by atoms with van der Waals surface area (Å²) in [5.74, 6) is 0. The fraction of sp³-hybridized carbons (Fsp3) is 1.00. The fourth-order valence-electron chi connectivity index (χ4n) is 1.54. The molecule has 0 aliphatic carbocycles. The van der Waals surface area contributed by atoms with Crippen molar-refractivity contribution in [3.63, 3.8) is 0 Å². The predicted molar refractivity (Wildman–Crippen MR) is 101 cm³/mol. The van der Waals surface area contributed by atoms with E-state index in [9.17, 15) is 27.4 Å². The van der Waals surface area contributed by atoms with Crippen molar-refractivity contribution < 1.29 is 111 Å². The Hall–Kier alpha value is 0.660. The Morgan fingerprint density at radius 3 is 0.500 bits per heavy atom. The van der Waals surface area contributed by atoms with E-state index in [1.807, 2.05) is 0 Å². The summed E-state index contributed by atoms with van der Waals surface area (Å²) < 4.78 is 129. The van der Waals surface area contributed by atoms with Crippen molar-refractivity contribution in [2.45, 2.75) is 0 Å². The highest BCUT2D eigenvalue weighted by Gasteiger charge is 2.60. The first kappa shape index (κ1) is 34.7. The van der Waals surface area contributed by atoms with Crippen molar-refractivity contribution in [3.8, 4) is 0 Å². The second kappa shape index (κ2) is 14.3. The molecule has 0 unspecified atom stereocenters. The van der Waals surface area contributed by atoms with Crippen LogP contribution in [0.1, 0.15) is 0 Å². The Bertz CT molecular complexity index is 752. The molecule has 0 aromatic heterocycles. The van der Waals surface area contributed by atoms with Gasteiger partial charge in [0.2, 0.25) is 0 Å². The molecule has 30 heteroatoms. The third kappa shape index (κ3) is 10.7. The molecule has 0 atom stereocenters. The molecule has 0 saturated carbocycles. The zero-order valence-corrected chi connectivity index (χ0v) is 23.8. The third-order valence-electron chi connectivity index (χ3n) is 2.19. The average Bonchev–Trinajstić information content (AvgIpc) is 2.65. The minimum absolute atomic E-state index is 0.664. The van der Waals surface area contributed by atoms with Crippen molar-refractivity contribution in [1.82, 2.24) is 0 Å². The van der Waals surface area contributed by atoms with Crippen LogP contribution in [0.25, 0.3) is 0 Å². The van der Waals surface area contributed by atoms with Crippen molar-refractivity contribution in [2.75, 3.05) is 42.7 Å². The summed E-state index contributed by atoms with van der Waals surface area (Å²) in [6.07, 6.45) is 0. The van der Waals surface area contributed by atoms with Gasteiger partial charge in [-0.05, 0) is 0 Å². The maximum atomic E-state index is 12.9. The highest BCUT2D eigenvalue weighted by Crippen LogP contribution is 2.84. The van der Waals surface area contributed by atoms with Gasteiger partial charge in [-0.15, -0.1) is 28.0 Å². The van der Waals surface area contributed by atoms with E-state index in [-0.39, 0.29) is 0 Å². The molecule has 0 spiro atoms. The lowest BCUT2D eigenvalue weighted by Gasteiger charge is -2.28. The molecular weight excluding hydrogens is 642 g/mol. The van der Waals surface area contributed by atoms with E-state index in [1.165, 1.54) is 0 Å². The SMILES string of the molecule is COOP1(=O)OP(=O)(OOC)OP(=O)(OOC)OP(=O)(OOC)OP(=O)(OOC)OP(=O)(OOC)O1. The minimum atomic E-state index is -5.84. The molecule has 0 amide bonds. The largest absolute Gasteiger partial charge is 0.520 e. The summed E-state index contributed by atoms with van der Waals surface area (Å²) >= 11 is 0. The highest BCUT2D eigenvalue weighted by molar-refractivity contribution is 7.76. The van der Waals surface area contributed by atoms with Crippen molar-refractivity contribution in [2.24, 2.45) is 0 Å². The van der Waals surface area contributed by atoms with Gasteiger partial charge in [-0.2, -0.15) is 25.9 Å². The van der Waals surface area contributed by atoms with E-state index in [1.54, 1.807) is 0 Å². The van der Waals surface area contributed by atoms with E-state index in [4.69, 9.17) is 0 Å². The lowest BCUT2D eigenvalue weighted by molar-refractivity contribution is -0.223. The van der Waals surface area contributed by atoms with Crippen LogP contribution in [0.3, 0.4) is 0 Å². The second-order valence-electron chi connectivity index (χ2n) is 4.62. The maximum Gasteiger partial charge on any atom is 0.520 e. The first-order valence-electron chi connectivity index (χ1n) is 7.83. The van der Waals surface area contributed by atoms with E-state index in [0.29, 0.717) is 42.7 Å². The molecular formula is C6H18O24P6. The lowest BCUT2D eigenvalue weighted by atomic mass is 11.8. The maximum absolute atomic E-state index is 12.9. The molecule has 0 aromatic carbocycles. The molecule has 1 aliphatic rings.